The molecule has 14 heavy (non-hydrogen) atoms. The summed E-state index contributed by atoms with van der Waals surface area (Å²) >= 11 is 5.11. The van der Waals surface area contributed by atoms with Crippen LogP contribution in [-0.4, -0.2) is 4.98 Å². The minimum absolute atomic E-state index is 0.0626. The lowest BCUT2D eigenvalue weighted by atomic mass is 10.1. The van der Waals surface area contributed by atoms with Crippen LogP contribution in [0.3, 0.4) is 0 Å². The molecule has 72 valence electrons. The average molecular weight is 269 g/mol. The Morgan fingerprint density at radius 3 is 2.93 bits per heavy atom. The molecule has 4 heteroatoms. The van der Waals surface area contributed by atoms with E-state index in [1.807, 2.05) is 23.6 Å². The molecule has 0 aromatic carbocycles. The van der Waals surface area contributed by atoms with E-state index in [0.29, 0.717) is 0 Å². The van der Waals surface area contributed by atoms with Gasteiger partial charge < -0.3 is 5.73 Å². The molecule has 0 radical (unpaired) electrons. The molecule has 0 aliphatic carbocycles. The van der Waals surface area contributed by atoms with Gasteiger partial charge in [-0.1, -0.05) is 6.07 Å². The second-order valence-corrected chi connectivity index (χ2v) is 4.72. The zero-order valence-electron chi connectivity index (χ0n) is 7.35. The molecule has 2 aromatic rings. The van der Waals surface area contributed by atoms with Gasteiger partial charge in [-0.05, 0) is 39.0 Å². The van der Waals surface area contributed by atoms with Crippen molar-refractivity contribution in [2.45, 2.75) is 6.04 Å². The van der Waals surface area contributed by atoms with Crippen molar-refractivity contribution < 1.29 is 0 Å². The van der Waals surface area contributed by atoms with Crippen LogP contribution in [-0.2, 0) is 0 Å². The highest BCUT2D eigenvalue weighted by Gasteiger charge is 2.12. The maximum Gasteiger partial charge on any atom is 0.0658 e. The van der Waals surface area contributed by atoms with Crippen LogP contribution in [0, 0.1) is 0 Å². The van der Waals surface area contributed by atoms with Crippen molar-refractivity contribution in [1.29, 1.82) is 0 Å². The van der Waals surface area contributed by atoms with Gasteiger partial charge in [0.05, 0.1) is 6.04 Å². The van der Waals surface area contributed by atoms with Gasteiger partial charge in [-0.15, -0.1) is 11.3 Å². The van der Waals surface area contributed by atoms with Gasteiger partial charge in [-0.2, -0.15) is 0 Å². The Bertz CT molecular complexity index is 414. The summed E-state index contributed by atoms with van der Waals surface area (Å²) in [7, 11) is 0. The average Bonchev–Trinajstić information content (AvgIpc) is 2.70. The van der Waals surface area contributed by atoms with Gasteiger partial charge >= 0.3 is 0 Å². The van der Waals surface area contributed by atoms with E-state index in [0.717, 1.165) is 14.9 Å². The summed E-state index contributed by atoms with van der Waals surface area (Å²) in [4.78, 5) is 5.17. The van der Waals surface area contributed by atoms with E-state index in [1.165, 1.54) is 0 Å². The molecular formula is C10H9BrN2S. The molecule has 2 heterocycles. The minimum atomic E-state index is -0.0626. The summed E-state index contributed by atoms with van der Waals surface area (Å²) in [6.45, 7) is 0. The van der Waals surface area contributed by atoms with Crippen molar-refractivity contribution in [3.63, 3.8) is 0 Å². The fourth-order valence-corrected chi connectivity index (χ4v) is 2.50. The summed E-state index contributed by atoms with van der Waals surface area (Å²) in [6, 6.07) is 5.93. The zero-order chi connectivity index (χ0) is 9.97. The molecular weight excluding hydrogens is 260 g/mol. The predicted octanol–water partition coefficient (Wildman–Crippen LogP) is 2.95. The number of nitrogens with zero attached hydrogens (tertiary/aromatic N) is 1. The van der Waals surface area contributed by atoms with Crippen molar-refractivity contribution in [1.82, 2.24) is 4.98 Å². The van der Waals surface area contributed by atoms with Gasteiger partial charge in [0, 0.05) is 21.7 Å². The highest BCUT2D eigenvalue weighted by molar-refractivity contribution is 9.10. The van der Waals surface area contributed by atoms with E-state index in [9.17, 15) is 0 Å². The largest absolute Gasteiger partial charge is 0.320 e. The van der Waals surface area contributed by atoms with Crippen LogP contribution in [0.2, 0.25) is 0 Å². The van der Waals surface area contributed by atoms with E-state index in [-0.39, 0.29) is 6.04 Å². The summed E-state index contributed by atoms with van der Waals surface area (Å²) in [5.41, 5.74) is 7.19. The maximum absolute atomic E-state index is 6.11. The molecule has 0 saturated heterocycles. The molecule has 0 fully saturated rings. The number of thiophene rings is 1. The molecule has 0 aliphatic rings. The normalized spacial score (nSPS) is 12.7. The fraction of sp³-hybridized carbons (Fsp3) is 0.100. The second kappa shape index (κ2) is 4.21. The van der Waals surface area contributed by atoms with Crippen LogP contribution in [0.15, 0.2) is 40.4 Å². The molecule has 0 aliphatic heterocycles. The number of hydrogen-bond donors (Lipinski definition) is 1. The van der Waals surface area contributed by atoms with Crippen molar-refractivity contribution >= 4 is 27.3 Å². The topological polar surface area (TPSA) is 38.9 Å². The maximum atomic E-state index is 6.11. The van der Waals surface area contributed by atoms with Gasteiger partial charge in [-0.3, -0.25) is 4.98 Å². The molecule has 2 nitrogen and oxygen atoms in total. The lowest BCUT2D eigenvalue weighted by Gasteiger charge is -2.11. The van der Waals surface area contributed by atoms with Crippen LogP contribution in [0.4, 0.5) is 0 Å². The number of nitrogens with two attached hydrogens (primary N) is 1. The van der Waals surface area contributed by atoms with E-state index in [4.69, 9.17) is 5.73 Å². The number of aromatic nitrogens is 1. The van der Waals surface area contributed by atoms with Crippen molar-refractivity contribution in [3.05, 3.63) is 50.9 Å². The molecule has 2 aromatic heterocycles. The second-order valence-electron chi connectivity index (χ2n) is 2.89. The van der Waals surface area contributed by atoms with E-state index >= 15 is 0 Å². The highest BCUT2D eigenvalue weighted by Crippen LogP contribution is 2.28. The third-order valence-corrected chi connectivity index (χ3v) is 3.61. The van der Waals surface area contributed by atoms with Gasteiger partial charge in [-0.25, -0.2) is 0 Å². The van der Waals surface area contributed by atoms with Crippen molar-refractivity contribution in [2.24, 2.45) is 5.73 Å². The van der Waals surface area contributed by atoms with Crippen molar-refractivity contribution in [3.8, 4) is 0 Å². The van der Waals surface area contributed by atoms with Gasteiger partial charge in [0.25, 0.3) is 0 Å². The Kier molecular flexibility index (Phi) is 2.96. The number of hydrogen-bond acceptors (Lipinski definition) is 3. The van der Waals surface area contributed by atoms with Gasteiger partial charge in [0.2, 0.25) is 0 Å². The lowest BCUT2D eigenvalue weighted by molar-refractivity contribution is 0.882. The zero-order valence-corrected chi connectivity index (χ0v) is 9.75. The summed E-state index contributed by atoms with van der Waals surface area (Å²) in [5.74, 6) is 0. The first-order valence-electron chi connectivity index (χ1n) is 4.17. The summed E-state index contributed by atoms with van der Waals surface area (Å²) < 4.78 is 0.959. The van der Waals surface area contributed by atoms with Gasteiger partial charge in [0.15, 0.2) is 0 Å². The number of rotatable bonds is 2. The van der Waals surface area contributed by atoms with E-state index in [2.05, 4.69) is 20.9 Å². The summed E-state index contributed by atoms with van der Waals surface area (Å²) in [5, 5.41) is 2.03. The first kappa shape index (κ1) is 9.83. The monoisotopic (exact) mass is 268 g/mol. The Morgan fingerprint density at radius 1 is 1.43 bits per heavy atom. The first-order valence-corrected chi connectivity index (χ1v) is 5.84. The molecule has 2 rings (SSSR count). The lowest BCUT2D eigenvalue weighted by Crippen LogP contribution is -2.10. The third-order valence-electron chi connectivity index (χ3n) is 1.99. The van der Waals surface area contributed by atoms with Crippen LogP contribution in [0.1, 0.15) is 16.5 Å². The third kappa shape index (κ3) is 1.87. The molecule has 1 unspecified atom stereocenters. The number of halogens is 1. The fourth-order valence-electron chi connectivity index (χ4n) is 1.26. The predicted molar refractivity (Wildman–Crippen MR) is 62.3 cm³/mol. The molecule has 0 spiro atoms. The molecule has 1 atom stereocenters. The Balaban J connectivity index is 2.37. The van der Waals surface area contributed by atoms with Crippen molar-refractivity contribution in [2.75, 3.05) is 0 Å². The summed E-state index contributed by atoms with van der Waals surface area (Å²) in [6.07, 6.45) is 3.52. The Hall–Kier alpha value is -0.710. The van der Waals surface area contributed by atoms with Crippen LogP contribution in [0.5, 0.6) is 0 Å². The molecule has 0 saturated carbocycles. The molecule has 0 bridgehead atoms. The van der Waals surface area contributed by atoms with E-state index in [1.54, 1.807) is 23.7 Å². The highest BCUT2D eigenvalue weighted by atomic mass is 79.9. The smallest absolute Gasteiger partial charge is 0.0658 e. The quantitative estimate of drug-likeness (QED) is 0.910. The van der Waals surface area contributed by atoms with Crippen LogP contribution in [0.25, 0.3) is 0 Å². The Labute approximate surface area is 94.9 Å². The first-order chi connectivity index (χ1) is 6.79. The minimum Gasteiger partial charge on any atom is -0.320 e. The van der Waals surface area contributed by atoms with E-state index < -0.39 is 0 Å². The Morgan fingerprint density at radius 2 is 2.29 bits per heavy atom. The molecule has 0 amide bonds. The SMILES string of the molecule is NC(c1cccs1)c1ccncc1Br. The van der Waals surface area contributed by atoms with Gasteiger partial charge in [0.1, 0.15) is 0 Å². The standard InChI is InChI=1S/C10H9BrN2S/c11-8-6-13-4-3-7(8)10(12)9-2-1-5-14-9/h1-6,10H,12H2. The van der Waals surface area contributed by atoms with Crippen LogP contribution >= 0.6 is 27.3 Å². The number of pyridine rings is 1. The molecule has 2 N–H and O–H groups in total. The van der Waals surface area contributed by atoms with Crippen LogP contribution < -0.4 is 5.73 Å².